The quantitative estimate of drug-likeness (QED) is 0.755. The van der Waals surface area contributed by atoms with E-state index in [1.165, 1.54) is 0 Å². The molecular weight excluding hydrogens is 318 g/mol. The molecule has 1 amide bonds. The molecule has 0 aromatic heterocycles. The summed E-state index contributed by atoms with van der Waals surface area (Å²) >= 11 is 0. The first-order valence-electron chi connectivity index (χ1n) is 7.98. The number of nitrogens with one attached hydrogen (secondary N) is 2. The Morgan fingerprint density at radius 1 is 1.26 bits per heavy atom. The van der Waals surface area contributed by atoms with E-state index in [2.05, 4.69) is 10.0 Å². The number of carbonyl (C=O) groups excluding carboxylic acids is 1. The van der Waals surface area contributed by atoms with Gasteiger partial charge in [0.1, 0.15) is 5.60 Å². The van der Waals surface area contributed by atoms with Gasteiger partial charge in [-0.1, -0.05) is 0 Å². The van der Waals surface area contributed by atoms with Gasteiger partial charge in [0.15, 0.2) is 0 Å². The lowest BCUT2D eigenvalue weighted by atomic mass is 10.1. The maximum Gasteiger partial charge on any atom is 0.410 e. The molecule has 1 saturated heterocycles. The number of rotatable bonds is 6. The van der Waals surface area contributed by atoms with Crippen molar-refractivity contribution in [3.05, 3.63) is 0 Å². The van der Waals surface area contributed by atoms with Crippen LogP contribution in [0, 0.1) is 0 Å². The molecule has 1 aliphatic heterocycles. The predicted molar refractivity (Wildman–Crippen MR) is 90.9 cm³/mol. The van der Waals surface area contributed by atoms with Crippen molar-refractivity contribution in [3.63, 3.8) is 0 Å². The van der Waals surface area contributed by atoms with Crippen molar-refractivity contribution in [2.45, 2.75) is 64.6 Å². The summed E-state index contributed by atoms with van der Waals surface area (Å²) in [4.78, 5) is 14.0. The molecule has 0 spiro atoms. The number of likely N-dealkylation sites (tertiary alicyclic amines) is 1. The van der Waals surface area contributed by atoms with Crippen LogP contribution in [0.3, 0.4) is 0 Å². The number of nitrogens with zero attached hydrogens (tertiary/aromatic N) is 1. The Hall–Kier alpha value is -0.860. The SMILES string of the molecule is CC(C)(CNCC1CCCN1C(=O)OC(C)(C)C)NS(C)(=O)=O. The van der Waals surface area contributed by atoms with Crippen molar-refractivity contribution >= 4 is 16.1 Å². The number of ether oxygens (including phenoxy) is 1. The summed E-state index contributed by atoms with van der Waals surface area (Å²) in [5, 5.41) is 3.26. The smallest absolute Gasteiger partial charge is 0.410 e. The molecule has 7 nitrogen and oxygen atoms in total. The van der Waals surface area contributed by atoms with Crippen LogP contribution in [0.25, 0.3) is 0 Å². The standard InChI is InChI=1S/C15H31N3O4S/c1-14(2,3)22-13(19)18-9-7-8-12(18)10-16-11-15(4,5)17-23(6,20)21/h12,16-17H,7-11H2,1-6H3. The number of amides is 1. The van der Waals surface area contributed by atoms with Crippen LogP contribution in [0.1, 0.15) is 47.5 Å². The zero-order valence-corrected chi connectivity index (χ0v) is 15.9. The molecule has 1 aliphatic rings. The third-order valence-corrected chi connectivity index (χ3v) is 4.34. The minimum atomic E-state index is -3.25. The van der Waals surface area contributed by atoms with Crippen LogP contribution in [-0.2, 0) is 14.8 Å². The lowest BCUT2D eigenvalue weighted by Crippen LogP contribution is -2.52. The predicted octanol–water partition coefficient (Wildman–Crippen LogP) is 1.30. The second-order valence-electron chi connectivity index (χ2n) is 7.86. The van der Waals surface area contributed by atoms with Gasteiger partial charge < -0.3 is 15.0 Å². The zero-order valence-electron chi connectivity index (χ0n) is 15.1. The van der Waals surface area contributed by atoms with E-state index in [0.717, 1.165) is 19.1 Å². The van der Waals surface area contributed by atoms with Gasteiger partial charge in [0.2, 0.25) is 10.0 Å². The highest BCUT2D eigenvalue weighted by atomic mass is 32.2. The molecule has 1 rings (SSSR count). The van der Waals surface area contributed by atoms with Crippen LogP contribution >= 0.6 is 0 Å². The molecular formula is C15H31N3O4S. The van der Waals surface area contributed by atoms with E-state index in [4.69, 9.17) is 4.74 Å². The van der Waals surface area contributed by atoms with Gasteiger partial charge in [-0.2, -0.15) is 0 Å². The van der Waals surface area contributed by atoms with Crippen molar-refractivity contribution in [2.24, 2.45) is 0 Å². The van der Waals surface area contributed by atoms with Crippen LogP contribution in [-0.4, -0.2) is 62.5 Å². The van der Waals surface area contributed by atoms with E-state index in [9.17, 15) is 13.2 Å². The molecule has 1 unspecified atom stereocenters. The van der Waals surface area contributed by atoms with E-state index in [1.807, 2.05) is 34.6 Å². The van der Waals surface area contributed by atoms with Gasteiger partial charge in [0, 0.05) is 31.2 Å². The summed E-state index contributed by atoms with van der Waals surface area (Å²) in [5.41, 5.74) is -1.08. The second kappa shape index (κ2) is 7.36. The third-order valence-electron chi connectivity index (χ3n) is 3.41. The highest BCUT2D eigenvalue weighted by Gasteiger charge is 2.32. The highest BCUT2D eigenvalue weighted by molar-refractivity contribution is 7.88. The van der Waals surface area contributed by atoms with E-state index < -0.39 is 21.2 Å². The molecule has 0 saturated carbocycles. The molecule has 0 aliphatic carbocycles. The molecule has 136 valence electrons. The lowest BCUT2D eigenvalue weighted by Gasteiger charge is -2.30. The van der Waals surface area contributed by atoms with Gasteiger partial charge in [-0.25, -0.2) is 17.9 Å². The van der Waals surface area contributed by atoms with Crippen molar-refractivity contribution in [3.8, 4) is 0 Å². The molecule has 23 heavy (non-hydrogen) atoms. The van der Waals surface area contributed by atoms with Crippen LogP contribution in [0.2, 0.25) is 0 Å². The van der Waals surface area contributed by atoms with Gasteiger partial charge in [-0.05, 0) is 47.5 Å². The van der Waals surface area contributed by atoms with Crippen LogP contribution in [0.15, 0.2) is 0 Å². The maximum absolute atomic E-state index is 12.2. The fraction of sp³-hybridized carbons (Fsp3) is 0.933. The topological polar surface area (TPSA) is 87.7 Å². The Bertz CT molecular complexity index is 511. The molecule has 1 fully saturated rings. The van der Waals surface area contributed by atoms with Gasteiger partial charge in [0.25, 0.3) is 0 Å². The molecule has 1 atom stereocenters. The average molecular weight is 349 g/mol. The van der Waals surface area contributed by atoms with Gasteiger partial charge in [-0.15, -0.1) is 0 Å². The van der Waals surface area contributed by atoms with Crippen molar-refractivity contribution < 1.29 is 17.9 Å². The van der Waals surface area contributed by atoms with E-state index in [0.29, 0.717) is 19.6 Å². The summed E-state index contributed by atoms with van der Waals surface area (Å²) in [6, 6.07) is 0.0823. The Morgan fingerprint density at radius 2 is 1.87 bits per heavy atom. The summed E-state index contributed by atoms with van der Waals surface area (Å²) in [6.07, 6.45) is 2.74. The maximum atomic E-state index is 12.2. The Morgan fingerprint density at radius 3 is 2.39 bits per heavy atom. The van der Waals surface area contributed by atoms with E-state index in [1.54, 1.807) is 4.90 Å². The molecule has 2 N–H and O–H groups in total. The van der Waals surface area contributed by atoms with Gasteiger partial charge >= 0.3 is 6.09 Å². The summed E-state index contributed by atoms with van der Waals surface area (Å²) in [5.74, 6) is 0. The van der Waals surface area contributed by atoms with Crippen LogP contribution in [0.5, 0.6) is 0 Å². The number of carbonyl (C=O) groups is 1. The summed E-state index contributed by atoms with van der Waals surface area (Å²) < 4.78 is 30.7. The average Bonchev–Trinajstić information content (AvgIpc) is 2.71. The molecule has 0 radical (unpaired) electrons. The number of hydrogen-bond donors (Lipinski definition) is 2. The van der Waals surface area contributed by atoms with E-state index >= 15 is 0 Å². The first-order valence-corrected chi connectivity index (χ1v) is 9.87. The first kappa shape index (κ1) is 20.2. The van der Waals surface area contributed by atoms with Gasteiger partial charge in [0.05, 0.1) is 6.26 Å². The second-order valence-corrected chi connectivity index (χ2v) is 9.61. The molecule has 1 heterocycles. The van der Waals surface area contributed by atoms with Crippen molar-refractivity contribution in [2.75, 3.05) is 25.9 Å². The Balaban J connectivity index is 2.49. The molecule has 0 bridgehead atoms. The Labute approximate surface area is 140 Å². The molecule has 8 heteroatoms. The van der Waals surface area contributed by atoms with E-state index in [-0.39, 0.29) is 12.1 Å². The monoisotopic (exact) mass is 349 g/mol. The lowest BCUT2D eigenvalue weighted by molar-refractivity contribution is 0.0226. The molecule has 0 aromatic rings. The number of sulfonamides is 1. The van der Waals surface area contributed by atoms with Crippen molar-refractivity contribution in [1.82, 2.24) is 14.9 Å². The molecule has 0 aromatic carbocycles. The zero-order chi connectivity index (χ0) is 17.9. The fourth-order valence-electron chi connectivity index (χ4n) is 2.70. The van der Waals surface area contributed by atoms with Crippen LogP contribution in [0.4, 0.5) is 4.79 Å². The summed E-state index contributed by atoms with van der Waals surface area (Å²) in [6.45, 7) is 11.0. The largest absolute Gasteiger partial charge is 0.444 e. The highest BCUT2D eigenvalue weighted by Crippen LogP contribution is 2.20. The minimum Gasteiger partial charge on any atom is -0.444 e. The van der Waals surface area contributed by atoms with Crippen LogP contribution < -0.4 is 10.0 Å². The number of hydrogen-bond acceptors (Lipinski definition) is 5. The minimum absolute atomic E-state index is 0.0823. The Kier molecular flexibility index (Phi) is 6.46. The third kappa shape index (κ3) is 7.99. The van der Waals surface area contributed by atoms with Gasteiger partial charge in [-0.3, -0.25) is 0 Å². The fourth-order valence-corrected chi connectivity index (χ4v) is 3.77. The van der Waals surface area contributed by atoms with Crippen molar-refractivity contribution in [1.29, 1.82) is 0 Å². The summed E-state index contributed by atoms with van der Waals surface area (Å²) in [7, 11) is -3.25. The normalized spacial score (nSPS) is 19.9. The first-order chi connectivity index (χ1) is 10.3.